The number of methoxy groups -OCH3 is 1. The van der Waals surface area contributed by atoms with Crippen LogP contribution in [-0.4, -0.2) is 110 Å². The molecule has 1 aromatic rings. The fourth-order valence-electron chi connectivity index (χ4n) is 4.74. The van der Waals surface area contributed by atoms with Gasteiger partial charge >= 0.3 is 0 Å². The molecule has 166 valence electrons. The van der Waals surface area contributed by atoms with Crippen molar-refractivity contribution in [2.45, 2.75) is 18.0 Å². The van der Waals surface area contributed by atoms with Crippen molar-refractivity contribution in [3.05, 3.63) is 35.4 Å². The lowest BCUT2D eigenvalue weighted by atomic mass is 9.73. The minimum absolute atomic E-state index is 0.00563. The van der Waals surface area contributed by atoms with Crippen molar-refractivity contribution >= 4 is 11.8 Å². The first-order chi connectivity index (χ1) is 15.1. The molecule has 0 radical (unpaired) electrons. The van der Waals surface area contributed by atoms with Gasteiger partial charge in [-0.2, -0.15) is 0 Å². The lowest BCUT2D eigenvalue weighted by Crippen LogP contribution is -2.73. The van der Waals surface area contributed by atoms with Crippen LogP contribution in [0, 0.1) is 11.8 Å². The second kappa shape index (κ2) is 9.79. The Labute approximate surface area is 182 Å². The van der Waals surface area contributed by atoms with Crippen molar-refractivity contribution < 1.29 is 24.2 Å². The summed E-state index contributed by atoms with van der Waals surface area (Å²) in [4.78, 5) is 31.1. The summed E-state index contributed by atoms with van der Waals surface area (Å²) in [6.45, 7) is 3.91. The van der Waals surface area contributed by atoms with E-state index in [4.69, 9.17) is 9.47 Å². The van der Waals surface area contributed by atoms with Crippen molar-refractivity contribution in [1.82, 2.24) is 14.7 Å². The Morgan fingerprint density at radius 3 is 2.68 bits per heavy atom. The summed E-state index contributed by atoms with van der Waals surface area (Å²) in [6, 6.07) is 7.53. The zero-order valence-electron chi connectivity index (χ0n) is 17.8. The van der Waals surface area contributed by atoms with Crippen molar-refractivity contribution in [2.24, 2.45) is 0 Å². The zero-order chi connectivity index (χ0) is 21.8. The summed E-state index contributed by atoms with van der Waals surface area (Å²) in [5.41, 5.74) is 1.94. The summed E-state index contributed by atoms with van der Waals surface area (Å²) in [6.07, 6.45) is 0. The second-order valence-corrected chi connectivity index (χ2v) is 8.16. The fourth-order valence-corrected chi connectivity index (χ4v) is 4.74. The standard InChI is InChI=1S/C23H29N3O5/c1-30-10-2-3-17-4-6-18(7-5-17)23-19-13-25(15-22(29)26(19)20(23)16-27)21(28)14-24-8-11-31-12-9-24/h4-7,19-20,23,27H,8-16H2,1H3/t19-,20+,23-/m1/s1. The first-order valence-electron chi connectivity index (χ1n) is 10.7. The van der Waals surface area contributed by atoms with Crippen molar-refractivity contribution in [3.63, 3.8) is 0 Å². The second-order valence-electron chi connectivity index (χ2n) is 8.16. The Balaban J connectivity index is 1.45. The lowest BCUT2D eigenvalue weighted by Gasteiger charge is -2.58. The third-order valence-electron chi connectivity index (χ3n) is 6.31. The van der Waals surface area contributed by atoms with E-state index in [0.29, 0.717) is 32.9 Å². The number of benzene rings is 1. The monoisotopic (exact) mass is 427 g/mol. The molecule has 8 nitrogen and oxygen atoms in total. The number of fused-ring (bicyclic) bond motifs is 1. The molecule has 0 bridgehead atoms. The van der Waals surface area contributed by atoms with Crippen LogP contribution in [-0.2, 0) is 19.1 Å². The molecule has 0 aliphatic carbocycles. The maximum absolute atomic E-state index is 12.9. The molecule has 3 fully saturated rings. The molecule has 3 aliphatic heterocycles. The predicted octanol–water partition coefficient (Wildman–Crippen LogP) is -0.486. The largest absolute Gasteiger partial charge is 0.394 e. The van der Waals surface area contributed by atoms with Crippen LogP contribution in [0.15, 0.2) is 24.3 Å². The average molecular weight is 428 g/mol. The van der Waals surface area contributed by atoms with Crippen molar-refractivity contribution in [1.29, 1.82) is 0 Å². The molecule has 2 amide bonds. The summed E-state index contributed by atoms with van der Waals surface area (Å²) >= 11 is 0. The summed E-state index contributed by atoms with van der Waals surface area (Å²) in [5.74, 6) is 5.85. The topological polar surface area (TPSA) is 82.6 Å². The van der Waals surface area contributed by atoms with Crippen LogP contribution in [0.5, 0.6) is 0 Å². The van der Waals surface area contributed by atoms with E-state index in [1.807, 2.05) is 24.3 Å². The molecule has 1 aromatic carbocycles. The van der Waals surface area contributed by atoms with E-state index < -0.39 is 0 Å². The van der Waals surface area contributed by atoms with Crippen LogP contribution < -0.4 is 0 Å². The van der Waals surface area contributed by atoms with E-state index in [1.165, 1.54) is 0 Å². The van der Waals surface area contributed by atoms with Crippen LogP contribution in [0.3, 0.4) is 0 Å². The van der Waals surface area contributed by atoms with Gasteiger partial charge in [0.25, 0.3) is 0 Å². The van der Waals surface area contributed by atoms with Gasteiger partial charge in [-0.05, 0) is 17.7 Å². The molecule has 3 atom stereocenters. The number of hydrogen-bond donors (Lipinski definition) is 1. The van der Waals surface area contributed by atoms with Gasteiger partial charge in [-0.25, -0.2) is 0 Å². The van der Waals surface area contributed by atoms with Gasteiger partial charge in [-0.1, -0.05) is 24.0 Å². The number of aliphatic hydroxyl groups excluding tert-OH is 1. The molecule has 3 heterocycles. The highest BCUT2D eigenvalue weighted by molar-refractivity contribution is 5.88. The van der Waals surface area contributed by atoms with Crippen molar-refractivity contribution in [3.8, 4) is 11.8 Å². The normalized spacial score (nSPS) is 26.0. The predicted molar refractivity (Wildman–Crippen MR) is 113 cm³/mol. The first-order valence-corrected chi connectivity index (χ1v) is 10.7. The molecular weight excluding hydrogens is 398 g/mol. The number of hydrogen-bond acceptors (Lipinski definition) is 6. The molecular formula is C23H29N3O5. The number of aliphatic hydroxyl groups is 1. The van der Waals surface area contributed by atoms with Gasteiger partial charge in [-0.3, -0.25) is 14.5 Å². The van der Waals surface area contributed by atoms with Crippen molar-refractivity contribution in [2.75, 3.05) is 66.3 Å². The fraction of sp³-hybridized carbons (Fsp3) is 0.565. The maximum atomic E-state index is 12.9. The lowest BCUT2D eigenvalue weighted by molar-refractivity contribution is -0.167. The van der Waals surface area contributed by atoms with Crippen LogP contribution >= 0.6 is 0 Å². The molecule has 31 heavy (non-hydrogen) atoms. The van der Waals surface area contributed by atoms with E-state index in [9.17, 15) is 14.7 Å². The zero-order valence-corrected chi connectivity index (χ0v) is 17.8. The number of carbonyl (C=O) groups excluding carboxylic acids is 2. The number of piperazine rings is 1. The highest BCUT2D eigenvalue weighted by atomic mass is 16.5. The average Bonchev–Trinajstić information content (AvgIpc) is 2.77. The van der Waals surface area contributed by atoms with Crippen LogP contribution in [0.1, 0.15) is 17.0 Å². The highest BCUT2D eigenvalue weighted by Gasteiger charge is 2.54. The van der Waals surface area contributed by atoms with Gasteiger partial charge in [0.1, 0.15) is 6.61 Å². The molecule has 4 rings (SSSR count). The minimum Gasteiger partial charge on any atom is -0.394 e. The molecule has 3 saturated heterocycles. The quantitative estimate of drug-likeness (QED) is 0.639. The van der Waals surface area contributed by atoms with Gasteiger partial charge in [0.05, 0.1) is 45.0 Å². The number of ether oxygens (including phenoxy) is 2. The van der Waals surface area contributed by atoms with Crippen LogP contribution in [0.25, 0.3) is 0 Å². The van der Waals surface area contributed by atoms with Gasteiger partial charge in [-0.15, -0.1) is 0 Å². The molecule has 0 saturated carbocycles. The molecule has 1 N–H and O–H groups in total. The van der Waals surface area contributed by atoms with E-state index in [1.54, 1.807) is 16.9 Å². The van der Waals surface area contributed by atoms with Gasteiger partial charge in [0, 0.05) is 38.2 Å². The SMILES string of the molecule is COCC#Cc1ccc([C@@H]2[C@H]3CN(C(=O)CN4CCOCC4)CC(=O)N3[C@H]2CO)cc1. The Hall–Kier alpha value is -2.44. The van der Waals surface area contributed by atoms with Crippen LogP contribution in [0.2, 0.25) is 0 Å². The van der Waals surface area contributed by atoms with Gasteiger partial charge in [0.2, 0.25) is 11.8 Å². The smallest absolute Gasteiger partial charge is 0.242 e. The van der Waals surface area contributed by atoms with Gasteiger partial charge in [0.15, 0.2) is 0 Å². The number of amides is 2. The minimum atomic E-state index is -0.251. The van der Waals surface area contributed by atoms with Gasteiger partial charge < -0.3 is 24.4 Å². The third-order valence-corrected chi connectivity index (χ3v) is 6.31. The molecule has 0 unspecified atom stereocenters. The number of carbonyl (C=O) groups is 2. The maximum Gasteiger partial charge on any atom is 0.242 e. The highest BCUT2D eigenvalue weighted by Crippen LogP contribution is 2.42. The Kier molecular flexibility index (Phi) is 6.88. The number of rotatable bonds is 5. The molecule has 8 heteroatoms. The molecule has 0 spiro atoms. The molecule has 0 aromatic heterocycles. The van der Waals surface area contributed by atoms with E-state index in [2.05, 4.69) is 16.7 Å². The van der Waals surface area contributed by atoms with E-state index >= 15 is 0 Å². The van der Waals surface area contributed by atoms with E-state index in [0.717, 1.165) is 24.2 Å². The summed E-state index contributed by atoms with van der Waals surface area (Å²) in [5, 5.41) is 9.93. The molecule has 3 aliphatic rings. The Morgan fingerprint density at radius 1 is 1.26 bits per heavy atom. The number of nitrogens with zero attached hydrogens (tertiary/aromatic N) is 3. The third kappa shape index (κ3) is 4.60. The van der Waals surface area contributed by atoms with E-state index in [-0.39, 0.29) is 43.0 Å². The number of morpholine rings is 1. The summed E-state index contributed by atoms with van der Waals surface area (Å²) in [7, 11) is 1.61. The first kappa shape index (κ1) is 21.8. The summed E-state index contributed by atoms with van der Waals surface area (Å²) < 4.78 is 10.3. The van der Waals surface area contributed by atoms with Crippen LogP contribution in [0.4, 0.5) is 0 Å². The Morgan fingerprint density at radius 2 is 2.00 bits per heavy atom. The Bertz CT molecular complexity index is 856.